The number of halogens is 5. The molecule has 0 saturated carbocycles. The number of hydrogen-bond donors (Lipinski definition) is 0. The molecule has 0 aromatic carbocycles. The van der Waals surface area contributed by atoms with Gasteiger partial charge in [0.05, 0.1) is 0 Å². The summed E-state index contributed by atoms with van der Waals surface area (Å²) in [5, 5.41) is 0. The summed E-state index contributed by atoms with van der Waals surface area (Å²) in [6.07, 6.45) is 0. The van der Waals surface area contributed by atoms with E-state index in [1.54, 1.807) is 0 Å². The standard InChI is InChI=1S/C3H9F5P2/c1-9(2,3)10(4,5,6,7)8/h1-3H3. The molecule has 0 atom stereocenters. The Morgan fingerprint density at radius 3 is 0.900 bits per heavy atom. The quantitative estimate of drug-likeness (QED) is 0.438. The Labute approximate surface area is 56.1 Å². The molecule has 0 rings (SSSR count). The maximum atomic E-state index is 11.8. The minimum atomic E-state index is -9.35. The zero-order valence-corrected chi connectivity index (χ0v) is 7.57. The molecule has 7 heteroatoms. The zero-order valence-electron chi connectivity index (χ0n) is 5.78. The molecule has 10 heavy (non-hydrogen) atoms. The Balaban J connectivity index is 5.14. The Bertz CT molecular complexity index is 145. The van der Waals surface area contributed by atoms with Crippen molar-refractivity contribution in [3.63, 3.8) is 0 Å². The Morgan fingerprint density at radius 2 is 0.900 bits per heavy atom. The maximum absolute atomic E-state index is 11.8. The van der Waals surface area contributed by atoms with E-state index in [-0.39, 0.29) is 0 Å². The van der Waals surface area contributed by atoms with Gasteiger partial charge in [-0.15, -0.1) is 0 Å². The number of hydrogen-bond acceptors (Lipinski definition) is 0. The van der Waals surface area contributed by atoms with E-state index in [0.717, 1.165) is 0 Å². The van der Waals surface area contributed by atoms with E-state index in [1.807, 2.05) is 0 Å². The third-order valence-corrected chi connectivity index (χ3v) is 10.2. The van der Waals surface area contributed by atoms with Gasteiger partial charge in [-0.05, 0) is 0 Å². The van der Waals surface area contributed by atoms with Crippen LogP contribution in [0.2, 0.25) is 0 Å². The van der Waals surface area contributed by atoms with Crippen LogP contribution in [0, 0.1) is 0 Å². The predicted octanol–water partition coefficient (Wildman–Crippen LogP) is 4.32. The summed E-state index contributed by atoms with van der Waals surface area (Å²) < 4.78 is 59.0. The molecular formula is C3H9F5P2. The van der Waals surface area contributed by atoms with E-state index >= 15 is 0 Å². The summed E-state index contributed by atoms with van der Waals surface area (Å²) >= 11 is 0. The molecule has 0 bridgehead atoms. The first-order valence-electron chi connectivity index (χ1n) is 2.39. The van der Waals surface area contributed by atoms with Gasteiger partial charge in [0.1, 0.15) is 0 Å². The van der Waals surface area contributed by atoms with Gasteiger partial charge in [0.2, 0.25) is 0 Å². The molecule has 0 amide bonds. The molecule has 0 aliphatic heterocycles. The molecule has 0 N–H and O–H groups in total. The average Bonchev–Trinajstić information content (AvgIpc) is 1.16. The van der Waals surface area contributed by atoms with Crippen molar-refractivity contribution in [3.05, 3.63) is 0 Å². The molecule has 0 heterocycles. The van der Waals surface area contributed by atoms with Crippen LogP contribution in [0.25, 0.3) is 0 Å². The van der Waals surface area contributed by atoms with Crippen molar-refractivity contribution < 1.29 is 21.0 Å². The fraction of sp³-hybridized carbons (Fsp3) is 1.00. The second kappa shape index (κ2) is 1.49. The van der Waals surface area contributed by atoms with Crippen LogP contribution in [0.15, 0.2) is 0 Å². The van der Waals surface area contributed by atoms with Crippen LogP contribution in [0.5, 0.6) is 0 Å². The van der Waals surface area contributed by atoms with Crippen LogP contribution in [0.4, 0.5) is 21.0 Å². The monoisotopic (exact) mass is 202 g/mol. The normalized spacial score (nSPS) is 21.6. The summed E-state index contributed by atoms with van der Waals surface area (Å²) in [5.41, 5.74) is 0. The van der Waals surface area contributed by atoms with Crippen molar-refractivity contribution in [2.45, 2.75) is 0 Å². The van der Waals surface area contributed by atoms with E-state index in [4.69, 9.17) is 0 Å². The molecule has 0 spiro atoms. The predicted molar refractivity (Wildman–Crippen MR) is 37.2 cm³/mol. The van der Waals surface area contributed by atoms with E-state index in [0.29, 0.717) is 20.0 Å². The van der Waals surface area contributed by atoms with Gasteiger partial charge in [0.15, 0.2) is 0 Å². The van der Waals surface area contributed by atoms with Crippen molar-refractivity contribution in [1.82, 2.24) is 0 Å². The van der Waals surface area contributed by atoms with Crippen molar-refractivity contribution in [2.75, 3.05) is 20.0 Å². The molecule has 0 aromatic heterocycles. The van der Waals surface area contributed by atoms with Gasteiger partial charge in [-0.25, -0.2) is 0 Å². The molecular weight excluding hydrogens is 193 g/mol. The van der Waals surface area contributed by atoms with Gasteiger partial charge in [-0.3, -0.25) is 0 Å². The van der Waals surface area contributed by atoms with Gasteiger partial charge in [-0.1, -0.05) is 0 Å². The molecule has 0 aliphatic rings. The Kier molecular flexibility index (Phi) is 1.56. The molecule has 66 valence electrons. The minimum absolute atomic E-state index is 0.586. The molecule has 0 aliphatic carbocycles. The summed E-state index contributed by atoms with van der Waals surface area (Å²) in [7, 11) is -9.35. The van der Waals surface area contributed by atoms with Gasteiger partial charge >= 0.3 is 55.1 Å². The topological polar surface area (TPSA) is 0 Å². The Hall–Kier alpha value is 0.510. The third kappa shape index (κ3) is 2.00. The van der Waals surface area contributed by atoms with Crippen LogP contribution in [-0.4, -0.2) is 20.0 Å². The zero-order chi connectivity index (χ0) is 8.91. The number of rotatable bonds is 1. The second-order valence-electron chi connectivity index (χ2n) is 2.96. The van der Waals surface area contributed by atoms with E-state index in [2.05, 4.69) is 0 Å². The van der Waals surface area contributed by atoms with Crippen LogP contribution >= 0.6 is 14.1 Å². The first kappa shape index (κ1) is 10.5. The van der Waals surface area contributed by atoms with Gasteiger partial charge in [0.25, 0.3) is 0 Å². The van der Waals surface area contributed by atoms with Gasteiger partial charge in [-0.2, -0.15) is 0 Å². The van der Waals surface area contributed by atoms with Crippen LogP contribution in [0.3, 0.4) is 0 Å². The average molecular weight is 202 g/mol. The molecule has 0 nitrogen and oxygen atoms in total. The van der Waals surface area contributed by atoms with E-state index < -0.39 is 14.1 Å². The molecule has 0 unspecified atom stereocenters. The summed E-state index contributed by atoms with van der Waals surface area (Å²) in [5.74, 6) is 0. The van der Waals surface area contributed by atoms with Crippen molar-refractivity contribution in [1.29, 1.82) is 0 Å². The third-order valence-electron chi connectivity index (χ3n) is 1.13. The summed E-state index contributed by atoms with van der Waals surface area (Å²) in [6.45, 7) is -2.26. The van der Waals surface area contributed by atoms with E-state index in [1.165, 1.54) is 0 Å². The van der Waals surface area contributed by atoms with Crippen molar-refractivity contribution in [2.24, 2.45) is 0 Å². The molecule has 0 saturated heterocycles. The first-order valence-corrected chi connectivity index (χ1v) is 8.36. The van der Waals surface area contributed by atoms with Crippen LogP contribution < -0.4 is 0 Å². The second-order valence-corrected chi connectivity index (χ2v) is 14.7. The molecule has 0 radical (unpaired) electrons. The SMILES string of the molecule is C[P+](C)(C)[P-](F)(F)(F)(F)F. The van der Waals surface area contributed by atoms with E-state index in [9.17, 15) is 21.0 Å². The van der Waals surface area contributed by atoms with Crippen molar-refractivity contribution >= 4 is 14.1 Å². The van der Waals surface area contributed by atoms with Gasteiger partial charge < -0.3 is 0 Å². The summed E-state index contributed by atoms with van der Waals surface area (Å²) in [6, 6.07) is 0. The fourth-order valence-electron chi connectivity index (χ4n) is 0. The first-order chi connectivity index (χ1) is 3.75. The fourth-order valence-corrected chi connectivity index (χ4v) is 0. The Morgan fingerprint density at radius 1 is 0.800 bits per heavy atom. The van der Waals surface area contributed by atoms with Gasteiger partial charge in [0, 0.05) is 0 Å². The summed E-state index contributed by atoms with van der Waals surface area (Å²) in [4.78, 5) is 0. The van der Waals surface area contributed by atoms with Crippen molar-refractivity contribution in [3.8, 4) is 0 Å². The van der Waals surface area contributed by atoms with Crippen LogP contribution in [0.1, 0.15) is 0 Å². The molecule has 0 aromatic rings. The molecule has 0 fully saturated rings. The van der Waals surface area contributed by atoms with Crippen LogP contribution in [-0.2, 0) is 0 Å².